The van der Waals surface area contributed by atoms with E-state index in [0.717, 1.165) is 42.8 Å². The van der Waals surface area contributed by atoms with Crippen LogP contribution in [-0.2, 0) is 14.6 Å². The van der Waals surface area contributed by atoms with Gasteiger partial charge in [-0.25, -0.2) is 8.42 Å². The monoisotopic (exact) mass is 403 g/mol. The molecule has 0 spiro atoms. The minimum Gasteiger partial charge on any atom is -0.338 e. The lowest BCUT2D eigenvalue weighted by molar-refractivity contribution is -0.121. The van der Waals surface area contributed by atoms with Gasteiger partial charge in [0.2, 0.25) is 11.8 Å². The minimum atomic E-state index is -2.88. The lowest BCUT2D eigenvalue weighted by Crippen LogP contribution is -2.44. The van der Waals surface area contributed by atoms with E-state index >= 15 is 0 Å². The van der Waals surface area contributed by atoms with Crippen molar-refractivity contribution >= 4 is 21.6 Å². The fraction of sp³-hybridized carbons (Fsp3) is 0.500. The molecule has 1 aromatic heterocycles. The van der Waals surface area contributed by atoms with E-state index in [9.17, 15) is 13.2 Å². The number of aromatic nitrogens is 1. The van der Waals surface area contributed by atoms with Gasteiger partial charge in [-0.2, -0.15) is 0 Å². The lowest BCUT2D eigenvalue weighted by Gasteiger charge is -2.34. The second kappa shape index (κ2) is 7.67. The molecule has 1 unspecified atom stereocenters. The number of amides is 1. The van der Waals surface area contributed by atoms with E-state index in [1.807, 2.05) is 37.3 Å². The Kier molecular flexibility index (Phi) is 5.25. The third-order valence-corrected chi connectivity index (χ3v) is 7.58. The maximum absolute atomic E-state index is 12.7. The van der Waals surface area contributed by atoms with Crippen LogP contribution >= 0.6 is 0 Å². The van der Waals surface area contributed by atoms with E-state index < -0.39 is 9.84 Å². The number of hydrogen-bond acceptors (Lipinski definition) is 6. The van der Waals surface area contributed by atoms with E-state index in [1.165, 1.54) is 0 Å². The number of carbonyl (C=O) groups excluding carboxylic acids is 1. The molecule has 2 saturated heterocycles. The Morgan fingerprint density at radius 3 is 2.54 bits per heavy atom. The predicted molar refractivity (Wildman–Crippen MR) is 107 cm³/mol. The Balaban J connectivity index is 1.35. The molecular formula is C20H25N3O4S. The van der Waals surface area contributed by atoms with Crippen molar-refractivity contribution in [3.63, 3.8) is 0 Å². The molecule has 4 rings (SSSR count). The molecule has 1 aromatic carbocycles. The van der Waals surface area contributed by atoms with Gasteiger partial charge in [0.25, 0.3) is 0 Å². The SMILES string of the molecule is Cc1c(-c2ccccc2)noc1NC(=O)C1CCN(C2CCS(=O)(=O)C2)CC1. The Hall–Kier alpha value is -2.19. The van der Waals surface area contributed by atoms with Crippen LogP contribution in [-0.4, -0.2) is 55.0 Å². The molecule has 0 bridgehead atoms. The molecule has 0 aliphatic carbocycles. The fourth-order valence-corrected chi connectivity index (χ4v) is 5.88. The van der Waals surface area contributed by atoms with Crippen molar-refractivity contribution in [1.29, 1.82) is 0 Å². The normalized spacial score (nSPS) is 23.0. The van der Waals surface area contributed by atoms with Crippen LogP contribution in [0.2, 0.25) is 0 Å². The van der Waals surface area contributed by atoms with Crippen molar-refractivity contribution in [2.45, 2.75) is 32.2 Å². The van der Waals surface area contributed by atoms with Gasteiger partial charge in [0, 0.05) is 23.1 Å². The Bertz CT molecular complexity index is 947. The summed E-state index contributed by atoms with van der Waals surface area (Å²) in [6, 6.07) is 9.83. The number of hydrogen-bond donors (Lipinski definition) is 1. The number of rotatable bonds is 4. The van der Waals surface area contributed by atoms with Crippen LogP contribution < -0.4 is 5.32 Å². The van der Waals surface area contributed by atoms with E-state index in [-0.39, 0.29) is 29.4 Å². The van der Waals surface area contributed by atoms with E-state index in [1.54, 1.807) is 0 Å². The molecule has 2 fully saturated rings. The zero-order valence-electron chi connectivity index (χ0n) is 15.9. The number of carbonyl (C=O) groups is 1. The smallest absolute Gasteiger partial charge is 0.234 e. The van der Waals surface area contributed by atoms with Gasteiger partial charge in [0.15, 0.2) is 9.84 Å². The molecule has 150 valence electrons. The van der Waals surface area contributed by atoms with Crippen LogP contribution in [0.3, 0.4) is 0 Å². The summed E-state index contributed by atoms with van der Waals surface area (Å²) < 4.78 is 28.8. The summed E-state index contributed by atoms with van der Waals surface area (Å²) in [7, 11) is -2.88. The molecule has 8 heteroatoms. The molecule has 1 amide bonds. The van der Waals surface area contributed by atoms with Gasteiger partial charge >= 0.3 is 0 Å². The van der Waals surface area contributed by atoms with Gasteiger partial charge in [-0.1, -0.05) is 35.5 Å². The number of nitrogens with zero attached hydrogens (tertiary/aromatic N) is 2. The zero-order chi connectivity index (χ0) is 19.7. The topological polar surface area (TPSA) is 92.5 Å². The standard InChI is InChI=1S/C20H25N3O4S/c1-14-18(15-5-3-2-4-6-15)22-27-20(14)21-19(24)16-7-10-23(11-8-16)17-9-12-28(25,26)13-17/h2-6,16-17H,7-13H2,1H3,(H,21,24). The number of likely N-dealkylation sites (tertiary alicyclic amines) is 1. The largest absolute Gasteiger partial charge is 0.338 e. The van der Waals surface area contributed by atoms with Gasteiger partial charge in [-0.05, 0) is 39.3 Å². The van der Waals surface area contributed by atoms with Gasteiger partial charge in [-0.3, -0.25) is 15.0 Å². The molecule has 3 heterocycles. The number of sulfone groups is 1. The highest BCUT2D eigenvalue weighted by Gasteiger charge is 2.35. The van der Waals surface area contributed by atoms with Crippen molar-refractivity contribution in [3.05, 3.63) is 35.9 Å². The Labute approximate surface area is 165 Å². The first kappa shape index (κ1) is 19.1. The Morgan fingerprint density at radius 2 is 1.89 bits per heavy atom. The highest BCUT2D eigenvalue weighted by Crippen LogP contribution is 2.29. The van der Waals surface area contributed by atoms with Crippen LogP contribution in [0, 0.1) is 12.8 Å². The van der Waals surface area contributed by atoms with Crippen LogP contribution in [0.25, 0.3) is 11.3 Å². The fourth-order valence-electron chi connectivity index (χ4n) is 4.12. The summed E-state index contributed by atoms with van der Waals surface area (Å²) in [6.07, 6.45) is 2.15. The first-order valence-electron chi connectivity index (χ1n) is 9.70. The summed E-state index contributed by atoms with van der Waals surface area (Å²) in [5.41, 5.74) is 2.49. The maximum Gasteiger partial charge on any atom is 0.234 e. The number of piperidine rings is 1. The van der Waals surface area contributed by atoms with E-state index in [4.69, 9.17) is 4.52 Å². The maximum atomic E-state index is 12.7. The average Bonchev–Trinajstić information content (AvgIpc) is 3.25. The summed E-state index contributed by atoms with van der Waals surface area (Å²) in [6.45, 7) is 3.39. The molecular weight excluding hydrogens is 378 g/mol. The lowest BCUT2D eigenvalue weighted by atomic mass is 9.94. The minimum absolute atomic E-state index is 0.0578. The first-order valence-corrected chi connectivity index (χ1v) is 11.5. The predicted octanol–water partition coefficient (Wildman–Crippen LogP) is 2.49. The van der Waals surface area contributed by atoms with Gasteiger partial charge < -0.3 is 4.52 Å². The molecule has 28 heavy (non-hydrogen) atoms. The van der Waals surface area contributed by atoms with Crippen LogP contribution in [0.5, 0.6) is 0 Å². The first-order chi connectivity index (χ1) is 13.4. The van der Waals surface area contributed by atoms with E-state index in [0.29, 0.717) is 12.3 Å². The summed E-state index contributed by atoms with van der Waals surface area (Å²) in [5.74, 6) is 0.778. The highest BCUT2D eigenvalue weighted by molar-refractivity contribution is 7.91. The van der Waals surface area contributed by atoms with Gasteiger partial charge in [0.05, 0.1) is 11.5 Å². The quantitative estimate of drug-likeness (QED) is 0.843. The van der Waals surface area contributed by atoms with Crippen LogP contribution in [0.4, 0.5) is 5.88 Å². The third-order valence-electron chi connectivity index (χ3n) is 5.83. The highest BCUT2D eigenvalue weighted by atomic mass is 32.2. The summed E-state index contributed by atoms with van der Waals surface area (Å²) in [4.78, 5) is 14.9. The number of nitrogens with one attached hydrogen (secondary N) is 1. The molecule has 0 saturated carbocycles. The second-order valence-electron chi connectivity index (χ2n) is 7.71. The number of anilines is 1. The molecule has 2 aliphatic heterocycles. The van der Waals surface area contributed by atoms with Gasteiger partial charge in [0.1, 0.15) is 5.69 Å². The van der Waals surface area contributed by atoms with Gasteiger partial charge in [-0.15, -0.1) is 0 Å². The zero-order valence-corrected chi connectivity index (χ0v) is 16.7. The van der Waals surface area contributed by atoms with Crippen molar-refractivity contribution < 1.29 is 17.7 Å². The molecule has 2 aliphatic rings. The Morgan fingerprint density at radius 1 is 1.18 bits per heavy atom. The molecule has 1 N–H and O–H groups in total. The molecule has 7 nitrogen and oxygen atoms in total. The average molecular weight is 404 g/mol. The molecule has 1 atom stereocenters. The van der Waals surface area contributed by atoms with Crippen molar-refractivity contribution in [3.8, 4) is 11.3 Å². The van der Waals surface area contributed by atoms with E-state index in [2.05, 4.69) is 15.4 Å². The van der Waals surface area contributed by atoms with Crippen molar-refractivity contribution in [2.24, 2.45) is 5.92 Å². The molecule has 2 aromatic rings. The molecule has 0 radical (unpaired) electrons. The second-order valence-corrected chi connectivity index (χ2v) is 9.94. The number of benzene rings is 1. The summed E-state index contributed by atoms with van der Waals surface area (Å²) in [5, 5.41) is 6.99. The van der Waals surface area contributed by atoms with Crippen molar-refractivity contribution in [2.75, 3.05) is 29.9 Å². The van der Waals surface area contributed by atoms with Crippen molar-refractivity contribution in [1.82, 2.24) is 10.1 Å². The van der Waals surface area contributed by atoms with Crippen LogP contribution in [0.15, 0.2) is 34.9 Å². The third kappa shape index (κ3) is 3.98. The van der Waals surface area contributed by atoms with Crippen LogP contribution in [0.1, 0.15) is 24.8 Å². The summed E-state index contributed by atoms with van der Waals surface area (Å²) >= 11 is 0.